The normalized spacial score (nSPS) is 10.5. The minimum atomic E-state index is -0.470. The van der Waals surface area contributed by atoms with E-state index >= 15 is 0 Å². The predicted molar refractivity (Wildman–Crippen MR) is 108 cm³/mol. The number of rotatable bonds is 6. The highest BCUT2D eigenvalue weighted by Gasteiger charge is 2.14. The molecule has 0 spiro atoms. The molecule has 0 fully saturated rings. The highest BCUT2D eigenvalue weighted by molar-refractivity contribution is 6.07. The number of carbonyl (C=O) groups is 2. The molecule has 0 saturated carbocycles. The predicted octanol–water partition coefficient (Wildman–Crippen LogP) is 4.92. The number of amides is 1. The summed E-state index contributed by atoms with van der Waals surface area (Å²) < 4.78 is 10.5. The summed E-state index contributed by atoms with van der Waals surface area (Å²) in [4.78, 5) is 24.2. The van der Waals surface area contributed by atoms with Crippen LogP contribution in [0.3, 0.4) is 0 Å². The zero-order valence-corrected chi connectivity index (χ0v) is 15.3. The van der Waals surface area contributed by atoms with Crippen molar-refractivity contribution in [3.8, 4) is 11.5 Å². The van der Waals surface area contributed by atoms with Gasteiger partial charge in [0.1, 0.15) is 11.5 Å². The molecule has 0 aromatic heterocycles. The summed E-state index contributed by atoms with van der Waals surface area (Å²) in [6, 6.07) is 23.5. The lowest BCUT2D eigenvalue weighted by atomic mass is 10.1. The number of carbonyl (C=O) groups excluding carboxylic acids is 2. The fourth-order valence-electron chi connectivity index (χ4n) is 2.53. The molecule has 1 amide bonds. The lowest BCUT2D eigenvalue weighted by molar-refractivity contribution is -0.134. The first-order valence-electron chi connectivity index (χ1n) is 8.65. The maximum absolute atomic E-state index is 12.9. The van der Waals surface area contributed by atoms with Gasteiger partial charge in [-0.2, -0.15) is 0 Å². The Morgan fingerprint density at radius 3 is 2.32 bits per heavy atom. The van der Waals surface area contributed by atoms with E-state index in [1.807, 2.05) is 42.5 Å². The molecule has 0 atom stereocenters. The number of nitrogens with one attached hydrogen (secondary N) is 1. The summed E-state index contributed by atoms with van der Waals surface area (Å²) in [5.41, 5.74) is 1.66. The van der Waals surface area contributed by atoms with Crippen molar-refractivity contribution in [1.29, 1.82) is 0 Å². The van der Waals surface area contributed by atoms with Crippen molar-refractivity contribution in [1.82, 2.24) is 0 Å². The molecule has 0 unspecified atom stereocenters. The smallest absolute Gasteiger partial charge is 0.330 e. The number of para-hydroxylation sites is 3. The quantitative estimate of drug-likeness (QED) is 0.492. The van der Waals surface area contributed by atoms with Gasteiger partial charge in [0.05, 0.1) is 12.7 Å². The van der Waals surface area contributed by atoms with E-state index in [9.17, 15) is 9.59 Å². The lowest BCUT2D eigenvalue weighted by Gasteiger charge is -2.12. The van der Waals surface area contributed by atoms with Crippen LogP contribution in [-0.4, -0.2) is 19.0 Å². The van der Waals surface area contributed by atoms with E-state index in [2.05, 4.69) is 10.1 Å². The van der Waals surface area contributed by atoms with Gasteiger partial charge in [0.25, 0.3) is 5.91 Å². The van der Waals surface area contributed by atoms with E-state index in [1.165, 1.54) is 13.2 Å². The molecule has 0 aliphatic carbocycles. The largest absolute Gasteiger partial charge is 0.466 e. The van der Waals surface area contributed by atoms with Gasteiger partial charge in [0.15, 0.2) is 0 Å². The number of hydrogen-bond acceptors (Lipinski definition) is 4. The minimum absolute atomic E-state index is 0.314. The Bertz CT molecular complexity index is 996. The molecular formula is C23H19NO4. The highest BCUT2D eigenvalue weighted by Crippen LogP contribution is 2.26. The molecule has 0 aliphatic heterocycles. The van der Waals surface area contributed by atoms with Crippen molar-refractivity contribution < 1.29 is 19.1 Å². The van der Waals surface area contributed by atoms with Crippen LogP contribution in [0.1, 0.15) is 15.9 Å². The van der Waals surface area contributed by atoms with Crippen LogP contribution in [0.4, 0.5) is 5.69 Å². The molecule has 5 heteroatoms. The SMILES string of the molecule is COC(=O)C=Cc1ccccc1NC(=O)c1ccccc1Oc1ccccc1. The number of esters is 1. The minimum Gasteiger partial charge on any atom is -0.466 e. The number of methoxy groups -OCH3 is 1. The Morgan fingerprint density at radius 1 is 0.857 bits per heavy atom. The van der Waals surface area contributed by atoms with E-state index in [1.54, 1.807) is 42.5 Å². The van der Waals surface area contributed by atoms with Crippen LogP contribution in [0, 0.1) is 0 Å². The first-order valence-corrected chi connectivity index (χ1v) is 8.65. The van der Waals surface area contributed by atoms with Crippen LogP contribution >= 0.6 is 0 Å². The molecule has 140 valence electrons. The third-order valence-corrected chi connectivity index (χ3v) is 3.91. The van der Waals surface area contributed by atoms with E-state index < -0.39 is 5.97 Å². The van der Waals surface area contributed by atoms with Crippen molar-refractivity contribution >= 4 is 23.6 Å². The Kier molecular flexibility index (Phi) is 6.21. The standard InChI is InChI=1S/C23H19NO4/c1-27-22(25)16-15-17-9-5-7-13-20(17)24-23(26)19-12-6-8-14-21(19)28-18-10-3-2-4-11-18/h2-16H,1H3,(H,24,26). The molecule has 28 heavy (non-hydrogen) atoms. The average Bonchev–Trinajstić information content (AvgIpc) is 2.74. The van der Waals surface area contributed by atoms with Gasteiger partial charge in [-0.3, -0.25) is 4.79 Å². The zero-order chi connectivity index (χ0) is 19.8. The van der Waals surface area contributed by atoms with Gasteiger partial charge in [-0.1, -0.05) is 48.5 Å². The van der Waals surface area contributed by atoms with Crippen LogP contribution in [0.5, 0.6) is 11.5 Å². The van der Waals surface area contributed by atoms with Gasteiger partial charge in [0, 0.05) is 11.8 Å². The topological polar surface area (TPSA) is 64.6 Å². The molecule has 0 heterocycles. The number of ether oxygens (including phenoxy) is 2. The average molecular weight is 373 g/mol. The molecule has 3 rings (SSSR count). The summed E-state index contributed by atoms with van der Waals surface area (Å²) in [6.07, 6.45) is 2.89. The molecular weight excluding hydrogens is 354 g/mol. The maximum Gasteiger partial charge on any atom is 0.330 e. The van der Waals surface area contributed by atoms with Gasteiger partial charge in [-0.15, -0.1) is 0 Å². The van der Waals surface area contributed by atoms with Gasteiger partial charge in [-0.05, 0) is 42.0 Å². The zero-order valence-electron chi connectivity index (χ0n) is 15.3. The maximum atomic E-state index is 12.9. The summed E-state index contributed by atoms with van der Waals surface area (Å²) in [7, 11) is 1.31. The Morgan fingerprint density at radius 2 is 1.54 bits per heavy atom. The molecule has 3 aromatic rings. The molecule has 3 aromatic carbocycles. The van der Waals surface area contributed by atoms with Gasteiger partial charge in [0.2, 0.25) is 0 Å². The second-order valence-corrected chi connectivity index (χ2v) is 5.81. The van der Waals surface area contributed by atoms with Crippen molar-refractivity contribution in [2.24, 2.45) is 0 Å². The van der Waals surface area contributed by atoms with Crippen molar-refractivity contribution in [2.75, 3.05) is 12.4 Å². The summed E-state index contributed by atoms with van der Waals surface area (Å²) in [6.45, 7) is 0. The first-order chi connectivity index (χ1) is 13.7. The number of hydrogen-bond donors (Lipinski definition) is 1. The third kappa shape index (κ3) is 4.86. The molecule has 0 aliphatic rings. The van der Waals surface area contributed by atoms with Crippen molar-refractivity contribution in [3.05, 3.63) is 96.1 Å². The van der Waals surface area contributed by atoms with Crippen LogP contribution in [0.2, 0.25) is 0 Å². The number of benzene rings is 3. The second-order valence-electron chi connectivity index (χ2n) is 5.81. The summed E-state index contributed by atoms with van der Waals surface area (Å²) >= 11 is 0. The van der Waals surface area contributed by atoms with E-state index in [4.69, 9.17) is 4.74 Å². The third-order valence-electron chi connectivity index (χ3n) is 3.91. The van der Waals surface area contributed by atoms with Crippen LogP contribution in [-0.2, 0) is 9.53 Å². The van der Waals surface area contributed by atoms with Crippen LogP contribution in [0.15, 0.2) is 84.9 Å². The molecule has 5 nitrogen and oxygen atoms in total. The summed E-state index contributed by atoms with van der Waals surface area (Å²) in [5.74, 6) is 0.311. The van der Waals surface area contributed by atoms with Gasteiger partial charge in [-0.25, -0.2) is 4.79 Å². The second kappa shape index (κ2) is 9.19. The molecule has 0 saturated heterocycles. The van der Waals surface area contributed by atoms with Crippen molar-refractivity contribution in [2.45, 2.75) is 0 Å². The van der Waals surface area contributed by atoms with E-state index in [-0.39, 0.29) is 5.91 Å². The summed E-state index contributed by atoms with van der Waals surface area (Å²) in [5, 5.41) is 2.87. The van der Waals surface area contributed by atoms with Crippen LogP contribution in [0.25, 0.3) is 6.08 Å². The molecule has 0 bridgehead atoms. The molecule has 0 radical (unpaired) electrons. The van der Waals surface area contributed by atoms with Gasteiger partial charge < -0.3 is 14.8 Å². The molecule has 1 N–H and O–H groups in total. The Balaban J connectivity index is 1.83. The fraction of sp³-hybridized carbons (Fsp3) is 0.0435. The first kappa shape index (κ1) is 18.9. The fourth-order valence-corrected chi connectivity index (χ4v) is 2.53. The Labute approximate surface area is 163 Å². The highest BCUT2D eigenvalue weighted by atomic mass is 16.5. The monoisotopic (exact) mass is 373 g/mol. The van der Waals surface area contributed by atoms with Crippen LogP contribution < -0.4 is 10.1 Å². The lowest BCUT2D eigenvalue weighted by Crippen LogP contribution is -2.13. The van der Waals surface area contributed by atoms with E-state index in [0.717, 1.165) is 0 Å². The van der Waals surface area contributed by atoms with Crippen molar-refractivity contribution in [3.63, 3.8) is 0 Å². The van der Waals surface area contributed by atoms with E-state index in [0.29, 0.717) is 28.3 Å². The van der Waals surface area contributed by atoms with Gasteiger partial charge >= 0.3 is 5.97 Å². The Hall–Kier alpha value is -3.86. The number of anilines is 1.